The fourth-order valence-electron chi connectivity index (χ4n) is 3.31. The second-order valence-corrected chi connectivity index (χ2v) is 9.11. The monoisotopic (exact) mass is 433 g/mol. The summed E-state index contributed by atoms with van der Waals surface area (Å²) in [6, 6.07) is 12.0. The van der Waals surface area contributed by atoms with Crippen molar-refractivity contribution in [2.24, 2.45) is 0 Å². The first kappa shape index (κ1) is 22.1. The van der Waals surface area contributed by atoms with Gasteiger partial charge in [0.2, 0.25) is 15.8 Å². The smallest absolute Gasteiger partial charge is 0.306 e. The van der Waals surface area contributed by atoms with Crippen molar-refractivity contribution in [3.63, 3.8) is 0 Å². The van der Waals surface area contributed by atoms with Crippen LogP contribution in [-0.4, -0.2) is 44.2 Å². The summed E-state index contributed by atoms with van der Waals surface area (Å²) in [4.78, 5) is 24.1. The molecule has 1 saturated heterocycles. The Hall–Kier alpha value is -2.58. The summed E-state index contributed by atoms with van der Waals surface area (Å²) in [6.07, 6.45) is 3.17. The van der Waals surface area contributed by atoms with Crippen molar-refractivity contribution in [3.05, 3.63) is 65.5 Å². The summed E-state index contributed by atoms with van der Waals surface area (Å²) in [5.41, 5.74) is 0.667. The SMILES string of the molecule is O=C(CCc1ccc(S(=O)(=O)N2CCCCC2)cc1)OCC(=O)c1ccccc1F. The van der Waals surface area contributed by atoms with Gasteiger partial charge in [0.1, 0.15) is 5.82 Å². The van der Waals surface area contributed by atoms with Crippen LogP contribution in [0.1, 0.15) is 41.6 Å². The molecule has 1 fully saturated rings. The predicted molar refractivity (Wildman–Crippen MR) is 109 cm³/mol. The average molecular weight is 434 g/mol. The van der Waals surface area contributed by atoms with Crippen molar-refractivity contribution < 1.29 is 27.1 Å². The minimum absolute atomic E-state index is 0.0305. The van der Waals surface area contributed by atoms with Crippen LogP contribution in [0, 0.1) is 5.82 Å². The van der Waals surface area contributed by atoms with Gasteiger partial charge in [-0.05, 0) is 49.1 Å². The molecule has 0 bridgehead atoms. The summed E-state index contributed by atoms with van der Waals surface area (Å²) in [5, 5.41) is 0. The maximum absolute atomic E-state index is 13.6. The van der Waals surface area contributed by atoms with E-state index in [-0.39, 0.29) is 16.9 Å². The Bertz CT molecular complexity index is 998. The van der Waals surface area contributed by atoms with Crippen molar-refractivity contribution in [3.8, 4) is 0 Å². The zero-order valence-electron chi connectivity index (χ0n) is 16.6. The van der Waals surface area contributed by atoms with E-state index in [9.17, 15) is 22.4 Å². The van der Waals surface area contributed by atoms with Gasteiger partial charge in [0.05, 0.1) is 10.5 Å². The number of sulfonamides is 1. The highest BCUT2D eigenvalue weighted by Crippen LogP contribution is 2.21. The molecule has 0 radical (unpaired) electrons. The molecule has 0 atom stereocenters. The zero-order chi connectivity index (χ0) is 21.6. The molecule has 3 rings (SSSR count). The van der Waals surface area contributed by atoms with E-state index >= 15 is 0 Å². The highest BCUT2D eigenvalue weighted by atomic mass is 32.2. The Balaban J connectivity index is 1.49. The number of piperidine rings is 1. The number of carbonyl (C=O) groups excluding carboxylic acids is 2. The van der Waals surface area contributed by atoms with Crippen LogP contribution in [0.15, 0.2) is 53.4 Å². The molecule has 0 unspecified atom stereocenters. The Kier molecular flexibility index (Phi) is 7.33. The summed E-state index contributed by atoms with van der Waals surface area (Å²) in [6.45, 7) is 0.565. The second-order valence-electron chi connectivity index (χ2n) is 7.17. The normalized spacial score (nSPS) is 15.0. The largest absolute Gasteiger partial charge is 0.457 e. The molecule has 0 aliphatic carbocycles. The Morgan fingerprint density at radius 2 is 1.63 bits per heavy atom. The van der Waals surface area contributed by atoms with Gasteiger partial charge in [0.25, 0.3) is 0 Å². The van der Waals surface area contributed by atoms with E-state index in [4.69, 9.17) is 4.74 Å². The first-order valence-electron chi connectivity index (χ1n) is 9.90. The lowest BCUT2D eigenvalue weighted by Gasteiger charge is -2.25. The lowest BCUT2D eigenvalue weighted by atomic mass is 10.1. The fourth-order valence-corrected chi connectivity index (χ4v) is 4.83. The van der Waals surface area contributed by atoms with Crippen LogP contribution >= 0.6 is 0 Å². The van der Waals surface area contributed by atoms with E-state index in [1.165, 1.54) is 28.6 Å². The van der Waals surface area contributed by atoms with E-state index in [0.717, 1.165) is 24.8 Å². The summed E-state index contributed by atoms with van der Waals surface area (Å²) in [5.74, 6) is -1.84. The molecule has 0 spiro atoms. The van der Waals surface area contributed by atoms with E-state index in [2.05, 4.69) is 0 Å². The molecule has 0 amide bonds. The average Bonchev–Trinajstić information content (AvgIpc) is 2.77. The molecular formula is C22H24FNO5S. The Morgan fingerprint density at radius 3 is 2.30 bits per heavy atom. The van der Waals surface area contributed by atoms with Gasteiger partial charge in [-0.1, -0.05) is 30.7 Å². The van der Waals surface area contributed by atoms with Crippen molar-refractivity contribution in [2.45, 2.75) is 37.0 Å². The summed E-state index contributed by atoms with van der Waals surface area (Å²) >= 11 is 0. The number of aryl methyl sites for hydroxylation is 1. The third-order valence-corrected chi connectivity index (χ3v) is 6.95. The standard InChI is InChI=1S/C22H24FNO5S/c23-20-7-3-2-6-19(20)21(25)16-29-22(26)13-10-17-8-11-18(12-9-17)30(27,28)24-14-4-1-5-15-24/h2-3,6-9,11-12H,1,4-5,10,13-16H2. The van der Waals surface area contributed by atoms with Crippen LogP contribution < -0.4 is 0 Å². The Labute approximate surface area is 175 Å². The van der Waals surface area contributed by atoms with Gasteiger partial charge in [-0.3, -0.25) is 9.59 Å². The number of hydrogen-bond acceptors (Lipinski definition) is 5. The molecule has 0 aromatic heterocycles. The van der Waals surface area contributed by atoms with Crippen molar-refractivity contribution in [1.29, 1.82) is 0 Å². The molecule has 1 heterocycles. The van der Waals surface area contributed by atoms with Gasteiger partial charge in [-0.2, -0.15) is 4.31 Å². The number of nitrogens with zero attached hydrogens (tertiary/aromatic N) is 1. The highest BCUT2D eigenvalue weighted by molar-refractivity contribution is 7.89. The molecule has 30 heavy (non-hydrogen) atoms. The third-order valence-electron chi connectivity index (χ3n) is 5.03. The van der Waals surface area contributed by atoms with Gasteiger partial charge in [0, 0.05) is 19.5 Å². The van der Waals surface area contributed by atoms with E-state index in [0.29, 0.717) is 19.5 Å². The number of halogens is 1. The van der Waals surface area contributed by atoms with Crippen LogP contribution in [0.4, 0.5) is 4.39 Å². The van der Waals surface area contributed by atoms with Gasteiger partial charge >= 0.3 is 5.97 Å². The van der Waals surface area contributed by atoms with Crippen LogP contribution in [0.5, 0.6) is 0 Å². The summed E-state index contributed by atoms with van der Waals surface area (Å²) in [7, 11) is -3.48. The molecule has 8 heteroatoms. The van der Waals surface area contributed by atoms with Crippen LogP contribution in [0.2, 0.25) is 0 Å². The maximum Gasteiger partial charge on any atom is 0.306 e. The number of rotatable bonds is 8. The molecule has 0 saturated carbocycles. The highest BCUT2D eigenvalue weighted by Gasteiger charge is 2.25. The number of benzene rings is 2. The Morgan fingerprint density at radius 1 is 0.967 bits per heavy atom. The third kappa shape index (κ3) is 5.52. The van der Waals surface area contributed by atoms with Crippen molar-refractivity contribution in [1.82, 2.24) is 4.31 Å². The minimum atomic E-state index is -3.48. The van der Waals surface area contributed by atoms with E-state index in [1.807, 2.05) is 0 Å². The quantitative estimate of drug-likeness (QED) is 0.471. The van der Waals surface area contributed by atoms with Gasteiger partial charge in [-0.25, -0.2) is 12.8 Å². The molecule has 1 aliphatic heterocycles. The van der Waals surface area contributed by atoms with Crippen LogP contribution in [0.3, 0.4) is 0 Å². The number of ether oxygens (including phenoxy) is 1. The maximum atomic E-state index is 13.6. The van der Waals surface area contributed by atoms with Gasteiger partial charge < -0.3 is 4.74 Å². The minimum Gasteiger partial charge on any atom is -0.457 e. The fraction of sp³-hybridized carbons (Fsp3) is 0.364. The molecule has 1 aliphatic rings. The molecule has 0 N–H and O–H groups in total. The van der Waals surface area contributed by atoms with Gasteiger partial charge in [-0.15, -0.1) is 0 Å². The predicted octanol–water partition coefficient (Wildman–Crippen LogP) is 3.36. The number of esters is 1. The number of hydrogen-bond donors (Lipinski definition) is 0. The first-order chi connectivity index (χ1) is 14.4. The molecule has 2 aromatic rings. The molecule has 160 valence electrons. The molecule has 6 nitrogen and oxygen atoms in total. The van der Waals surface area contributed by atoms with E-state index < -0.39 is 34.2 Å². The number of carbonyl (C=O) groups is 2. The molecule has 2 aromatic carbocycles. The van der Waals surface area contributed by atoms with E-state index in [1.54, 1.807) is 24.3 Å². The number of ketones is 1. The lowest BCUT2D eigenvalue weighted by Crippen LogP contribution is -2.35. The van der Waals surface area contributed by atoms with Crippen molar-refractivity contribution in [2.75, 3.05) is 19.7 Å². The second kappa shape index (κ2) is 9.95. The topological polar surface area (TPSA) is 80.8 Å². The van der Waals surface area contributed by atoms with Crippen LogP contribution in [0.25, 0.3) is 0 Å². The summed E-state index contributed by atoms with van der Waals surface area (Å²) < 4.78 is 45.3. The van der Waals surface area contributed by atoms with Crippen molar-refractivity contribution >= 4 is 21.8 Å². The molecular weight excluding hydrogens is 409 g/mol. The first-order valence-corrected chi connectivity index (χ1v) is 11.3. The number of Topliss-reactive ketones (excluding diaryl/α,β-unsaturated/α-hetero) is 1. The van der Waals surface area contributed by atoms with Crippen LogP contribution in [-0.2, 0) is 26.0 Å². The lowest BCUT2D eigenvalue weighted by molar-refractivity contribution is -0.142. The zero-order valence-corrected chi connectivity index (χ0v) is 17.4. The van der Waals surface area contributed by atoms with Gasteiger partial charge in [0.15, 0.2) is 6.61 Å².